The van der Waals surface area contributed by atoms with Crippen LogP contribution in [-0.2, 0) is 12.8 Å². The van der Waals surface area contributed by atoms with Gasteiger partial charge in [0.2, 0.25) is 5.89 Å². The van der Waals surface area contributed by atoms with Gasteiger partial charge in [0, 0.05) is 6.42 Å². The van der Waals surface area contributed by atoms with E-state index in [-0.39, 0.29) is 0 Å². The van der Waals surface area contributed by atoms with Gasteiger partial charge in [0.15, 0.2) is 5.82 Å². The topological polar surface area (TPSA) is 64.7 Å². The van der Waals surface area contributed by atoms with Crippen LogP contribution in [-0.4, -0.2) is 20.3 Å². The third-order valence-electron chi connectivity index (χ3n) is 1.69. The minimum atomic E-state index is 0.609. The number of rotatable bonds is 4. The summed E-state index contributed by atoms with van der Waals surface area (Å²) in [6.45, 7) is 2.08. The van der Waals surface area contributed by atoms with Crippen LogP contribution in [0.4, 0.5) is 0 Å². The molecule has 0 spiro atoms. The molecule has 14 heavy (non-hydrogen) atoms. The van der Waals surface area contributed by atoms with Gasteiger partial charge in [-0.05, 0) is 6.42 Å². The summed E-state index contributed by atoms with van der Waals surface area (Å²) >= 11 is 1.50. The normalized spacial score (nSPS) is 10.6. The van der Waals surface area contributed by atoms with E-state index in [9.17, 15) is 0 Å². The Morgan fingerprint density at radius 1 is 1.50 bits per heavy atom. The Labute approximate surface area is 85.2 Å². The molecule has 2 aromatic rings. The molecule has 0 aliphatic rings. The second-order valence-electron chi connectivity index (χ2n) is 2.86. The zero-order valence-corrected chi connectivity index (χ0v) is 8.62. The van der Waals surface area contributed by atoms with Crippen LogP contribution in [0.1, 0.15) is 30.1 Å². The smallest absolute Gasteiger partial charge is 0.226 e. The van der Waals surface area contributed by atoms with Crippen molar-refractivity contribution in [2.45, 2.75) is 26.2 Å². The van der Waals surface area contributed by atoms with Crippen molar-refractivity contribution in [2.75, 3.05) is 0 Å². The van der Waals surface area contributed by atoms with Gasteiger partial charge in [-0.3, -0.25) is 0 Å². The summed E-state index contributed by atoms with van der Waals surface area (Å²) in [6, 6.07) is 0. The van der Waals surface area contributed by atoms with Gasteiger partial charge in [0.05, 0.1) is 6.42 Å². The lowest BCUT2D eigenvalue weighted by Crippen LogP contribution is -1.90. The molecule has 0 N–H and O–H groups in total. The van der Waals surface area contributed by atoms with Crippen LogP contribution < -0.4 is 0 Å². The van der Waals surface area contributed by atoms with Crippen LogP contribution in [0.5, 0.6) is 0 Å². The zero-order valence-electron chi connectivity index (χ0n) is 7.80. The SMILES string of the molecule is CCCc1nc(Cc2nncs2)no1. The van der Waals surface area contributed by atoms with Crippen molar-refractivity contribution in [3.8, 4) is 0 Å². The minimum absolute atomic E-state index is 0.609. The highest BCUT2D eigenvalue weighted by atomic mass is 32.1. The Bertz CT molecular complexity index is 384. The summed E-state index contributed by atoms with van der Waals surface area (Å²) in [5.41, 5.74) is 1.70. The van der Waals surface area contributed by atoms with E-state index in [0.717, 1.165) is 17.8 Å². The lowest BCUT2D eigenvalue weighted by molar-refractivity contribution is 0.372. The van der Waals surface area contributed by atoms with Crippen molar-refractivity contribution in [1.82, 2.24) is 20.3 Å². The maximum atomic E-state index is 5.05. The van der Waals surface area contributed by atoms with E-state index in [1.165, 1.54) is 11.3 Å². The maximum absolute atomic E-state index is 5.05. The van der Waals surface area contributed by atoms with Gasteiger partial charge in [-0.2, -0.15) is 4.98 Å². The number of hydrogen-bond donors (Lipinski definition) is 0. The molecule has 0 amide bonds. The summed E-state index contributed by atoms with van der Waals surface area (Å²) in [7, 11) is 0. The Morgan fingerprint density at radius 2 is 2.43 bits per heavy atom. The molecule has 0 aliphatic carbocycles. The molecule has 0 radical (unpaired) electrons. The molecule has 0 saturated heterocycles. The van der Waals surface area contributed by atoms with Crippen molar-refractivity contribution in [3.63, 3.8) is 0 Å². The second-order valence-corrected chi connectivity index (χ2v) is 3.78. The predicted octanol–water partition coefficient (Wildman–Crippen LogP) is 1.46. The fraction of sp³-hybridized carbons (Fsp3) is 0.500. The summed E-state index contributed by atoms with van der Waals surface area (Å²) in [5, 5.41) is 12.4. The molecular formula is C8H10N4OS. The van der Waals surface area contributed by atoms with E-state index in [1.54, 1.807) is 5.51 Å². The average Bonchev–Trinajstić information content (AvgIpc) is 2.79. The highest BCUT2D eigenvalue weighted by Gasteiger charge is 2.07. The predicted molar refractivity (Wildman–Crippen MR) is 51.0 cm³/mol. The molecule has 0 bridgehead atoms. The van der Waals surface area contributed by atoms with Crippen molar-refractivity contribution < 1.29 is 4.52 Å². The van der Waals surface area contributed by atoms with Crippen LogP contribution in [0.15, 0.2) is 10.0 Å². The van der Waals surface area contributed by atoms with Gasteiger partial charge in [-0.25, -0.2) is 0 Å². The Hall–Kier alpha value is -1.30. The lowest BCUT2D eigenvalue weighted by Gasteiger charge is -1.85. The fourth-order valence-electron chi connectivity index (χ4n) is 1.09. The van der Waals surface area contributed by atoms with E-state index in [4.69, 9.17) is 4.52 Å². The third kappa shape index (κ3) is 2.14. The van der Waals surface area contributed by atoms with E-state index in [0.29, 0.717) is 18.1 Å². The van der Waals surface area contributed by atoms with Crippen molar-refractivity contribution in [2.24, 2.45) is 0 Å². The first-order chi connectivity index (χ1) is 6.88. The molecule has 5 nitrogen and oxygen atoms in total. The number of nitrogens with zero attached hydrogens (tertiary/aromatic N) is 4. The number of aromatic nitrogens is 4. The van der Waals surface area contributed by atoms with Crippen molar-refractivity contribution in [3.05, 3.63) is 22.2 Å². The Morgan fingerprint density at radius 3 is 3.14 bits per heavy atom. The van der Waals surface area contributed by atoms with E-state index < -0.39 is 0 Å². The zero-order chi connectivity index (χ0) is 9.80. The molecule has 2 aromatic heterocycles. The molecule has 0 saturated carbocycles. The molecule has 2 heterocycles. The Kier molecular flexibility index (Phi) is 2.83. The van der Waals surface area contributed by atoms with Gasteiger partial charge >= 0.3 is 0 Å². The summed E-state index contributed by atoms with van der Waals surface area (Å²) in [5.74, 6) is 1.39. The van der Waals surface area contributed by atoms with Crippen LogP contribution in [0.2, 0.25) is 0 Å². The van der Waals surface area contributed by atoms with Gasteiger partial charge in [-0.1, -0.05) is 12.1 Å². The highest BCUT2D eigenvalue weighted by molar-refractivity contribution is 7.09. The minimum Gasteiger partial charge on any atom is -0.339 e. The van der Waals surface area contributed by atoms with Crippen LogP contribution in [0.25, 0.3) is 0 Å². The molecule has 74 valence electrons. The molecule has 0 fully saturated rings. The summed E-state index contributed by atoms with van der Waals surface area (Å²) < 4.78 is 5.05. The van der Waals surface area contributed by atoms with Crippen molar-refractivity contribution >= 4 is 11.3 Å². The van der Waals surface area contributed by atoms with Gasteiger partial charge in [0.1, 0.15) is 10.5 Å². The van der Waals surface area contributed by atoms with Crippen molar-refractivity contribution in [1.29, 1.82) is 0 Å². The Balaban J connectivity index is 2.03. The first-order valence-corrected chi connectivity index (χ1v) is 5.33. The molecule has 0 atom stereocenters. The number of aryl methyl sites for hydroxylation is 1. The summed E-state index contributed by atoms with van der Waals surface area (Å²) in [6.07, 6.45) is 2.46. The van der Waals surface area contributed by atoms with E-state index in [2.05, 4.69) is 27.3 Å². The van der Waals surface area contributed by atoms with E-state index >= 15 is 0 Å². The first-order valence-electron chi connectivity index (χ1n) is 4.45. The molecule has 0 aromatic carbocycles. The molecular weight excluding hydrogens is 200 g/mol. The standard InChI is InChI=1S/C8H10N4OS/c1-2-3-7-10-6(12-13-7)4-8-11-9-5-14-8/h5H,2-4H2,1H3. The molecule has 2 rings (SSSR count). The second kappa shape index (κ2) is 4.28. The van der Waals surface area contributed by atoms with Gasteiger partial charge in [0.25, 0.3) is 0 Å². The largest absolute Gasteiger partial charge is 0.339 e. The van der Waals surface area contributed by atoms with Crippen LogP contribution >= 0.6 is 11.3 Å². The fourth-order valence-corrected chi connectivity index (χ4v) is 1.61. The van der Waals surface area contributed by atoms with Crippen LogP contribution in [0.3, 0.4) is 0 Å². The maximum Gasteiger partial charge on any atom is 0.226 e. The lowest BCUT2D eigenvalue weighted by atomic mass is 10.3. The first kappa shape index (κ1) is 9.26. The quantitative estimate of drug-likeness (QED) is 0.764. The molecule has 0 unspecified atom stereocenters. The van der Waals surface area contributed by atoms with E-state index in [1.807, 2.05) is 0 Å². The van der Waals surface area contributed by atoms with Gasteiger partial charge < -0.3 is 4.52 Å². The average molecular weight is 210 g/mol. The number of hydrogen-bond acceptors (Lipinski definition) is 6. The van der Waals surface area contributed by atoms with Gasteiger partial charge in [-0.15, -0.1) is 21.5 Å². The third-order valence-corrected chi connectivity index (χ3v) is 2.39. The van der Waals surface area contributed by atoms with Crippen LogP contribution in [0, 0.1) is 0 Å². The summed E-state index contributed by atoms with van der Waals surface area (Å²) in [4.78, 5) is 4.24. The monoisotopic (exact) mass is 210 g/mol. The highest BCUT2D eigenvalue weighted by Crippen LogP contribution is 2.08. The molecule has 6 heteroatoms. The molecule has 0 aliphatic heterocycles.